The van der Waals surface area contributed by atoms with Crippen molar-refractivity contribution in [2.45, 2.75) is 13.3 Å². The molecule has 1 saturated heterocycles. The summed E-state index contributed by atoms with van der Waals surface area (Å²) in [4.78, 5) is 40.2. The van der Waals surface area contributed by atoms with Gasteiger partial charge >= 0.3 is 6.03 Å². The average Bonchev–Trinajstić information content (AvgIpc) is 2.86. The van der Waals surface area contributed by atoms with E-state index in [0.717, 1.165) is 36.8 Å². The van der Waals surface area contributed by atoms with Gasteiger partial charge in [0, 0.05) is 9.50 Å². The number of nitrogens with one attached hydrogen (secondary N) is 1. The number of carbonyl (C=O) groups excluding carboxylic acids is 3. The molecule has 4 aromatic carbocycles. The zero-order valence-corrected chi connectivity index (χ0v) is 21.6. The first-order chi connectivity index (χ1) is 17.3. The van der Waals surface area contributed by atoms with Crippen molar-refractivity contribution >= 4 is 67.9 Å². The Kier molecular flexibility index (Phi) is 6.48. The van der Waals surface area contributed by atoms with Crippen molar-refractivity contribution in [3.05, 3.63) is 116 Å². The highest BCUT2D eigenvalue weighted by Crippen LogP contribution is 2.32. The fraction of sp³-hybridized carbons (Fsp3) is 0.0690. The second-order valence-corrected chi connectivity index (χ2v) is 9.73. The van der Waals surface area contributed by atoms with Crippen LogP contribution in [0.4, 0.5) is 10.5 Å². The first-order valence-electron chi connectivity index (χ1n) is 11.3. The Morgan fingerprint density at radius 3 is 2.44 bits per heavy atom. The molecule has 1 N–H and O–H groups in total. The van der Waals surface area contributed by atoms with Crippen molar-refractivity contribution in [2.24, 2.45) is 0 Å². The summed E-state index contributed by atoms with van der Waals surface area (Å²) in [5.74, 6) is -1.44. The van der Waals surface area contributed by atoms with Gasteiger partial charge in [-0.05, 0) is 70.6 Å². The third-order valence-electron chi connectivity index (χ3n) is 6.27. The number of benzene rings is 4. The van der Waals surface area contributed by atoms with Gasteiger partial charge in [-0.25, -0.2) is 9.69 Å². The Balaban J connectivity index is 1.67. The fourth-order valence-electron chi connectivity index (χ4n) is 4.37. The maximum Gasteiger partial charge on any atom is 0.335 e. The fourth-order valence-corrected chi connectivity index (χ4v) is 4.97. The van der Waals surface area contributed by atoms with Crippen molar-refractivity contribution in [1.82, 2.24) is 5.32 Å². The van der Waals surface area contributed by atoms with Gasteiger partial charge in [0.2, 0.25) is 0 Å². The summed E-state index contributed by atoms with van der Waals surface area (Å²) in [6.45, 7) is 1.72. The SMILES string of the molecule is Cc1c(Cl)cccc1N1C(=O)NC(=O)/C(=C\c2c(Cc3ccccc3Br)ccc3ccccc23)C1=O. The van der Waals surface area contributed by atoms with Crippen LogP contribution in [0.25, 0.3) is 16.8 Å². The van der Waals surface area contributed by atoms with Crippen LogP contribution in [0.2, 0.25) is 5.02 Å². The second-order valence-electron chi connectivity index (χ2n) is 8.47. The predicted octanol–water partition coefficient (Wildman–Crippen LogP) is 6.82. The number of imide groups is 2. The molecule has 7 heteroatoms. The van der Waals surface area contributed by atoms with Crippen LogP contribution < -0.4 is 10.2 Å². The van der Waals surface area contributed by atoms with Crippen LogP contribution in [0.15, 0.2) is 88.9 Å². The predicted molar refractivity (Wildman–Crippen MR) is 146 cm³/mol. The molecule has 0 spiro atoms. The lowest BCUT2D eigenvalue weighted by atomic mass is 9.92. The number of amides is 4. The summed E-state index contributed by atoms with van der Waals surface area (Å²) in [5.41, 5.74) is 3.53. The molecular weight excluding hydrogens is 540 g/mol. The third-order valence-corrected chi connectivity index (χ3v) is 7.45. The topological polar surface area (TPSA) is 66.5 Å². The van der Waals surface area contributed by atoms with Crippen LogP contribution in [0.5, 0.6) is 0 Å². The quantitative estimate of drug-likeness (QED) is 0.220. The minimum Gasteiger partial charge on any atom is -0.273 e. The molecule has 0 bridgehead atoms. The minimum absolute atomic E-state index is 0.126. The molecule has 0 saturated carbocycles. The number of urea groups is 1. The highest BCUT2D eigenvalue weighted by Gasteiger charge is 2.37. The molecular formula is C29H20BrClN2O3. The number of fused-ring (bicyclic) bond motifs is 1. The Morgan fingerprint density at radius 1 is 0.889 bits per heavy atom. The van der Waals surface area contributed by atoms with Crippen molar-refractivity contribution in [2.75, 3.05) is 4.90 Å². The number of rotatable bonds is 4. The van der Waals surface area contributed by atoms with Gasteiger partial charge in [0.05, 0.1) is 5.69 Å². The van der Waals surface area contributed by atoms with Gasteiger partial charge in [0.15, 0.2) is 0 Å². The Morgan fingerprint density at radius 2 is 1.64 bits per heavy atom. The summed E-state index contributed by atoms with van der Waals surface area (Å²) >= 11 is 9.85. The van der Waals surface area contributed by atoms with Crippen LogP contribution in [0, 0.1) is 6.92 Å². The van der Waals surface area contributed by atoms with E-state index >= 15 is 0 Å². The normalized spacial score (nSPS) is 15.0. The molecule has 0 atom stereocenters. The van der Waals surface area contributed by atoms with Gasteiger partial charge in [-0.2, -0.15) is 0 Å². The molecule has 5 rings (SSSR count). The minimum atomic E-state index is -0.807. The summed E-state index contributed by atoms with van der Waals surface area (Å²) in [7, 11) is 0. The standard InChI is InChI=1S/C29H20BrClN2O3/c1-17-25(31)11-6-12-26(17)33-28(35)23(27(34)32-29(33)36)16-22-19(15-20-8-3-5-10-24(20)30)14-13-18-7-2-4-9-21(18)22/h2-14,16H,15H2,1H3,(H,32,34,36)/b23-16+. The molecule has 0 unspecified atom stereocenters. The van der Waals surface area contributed by atoms with Crippen LogP contribution in [-0.4, -0.2) is 17.8 Å². The molecule has 5 nitrogen and oxygen atoms in total. The Labute approximate surface area is 221 Å². The number of carbonyl (C=O) groups is 3. The highest BCUT2D eigenvalue weighted by molar-refractivity contribution is 9.10. The van der Waals surface area contributed by atoms with E-state index in [1.807, 2.05) is 60.7 Å². The van der Waals surface area contributed by atoms with E-state index in [1.54, 1.807) is 31.2 Å². The van der Waals surface area contributed by atoms with E-state index in [4.69, 9.17) is 11.6 Å². The molecule has 1 aliphatic rings. The molecule has 36 heavy (non-hydrogen) atoms. The average molecular weight is 560 g/mol. The van der Waals surface area contributed by atoms with Crippen molar-refractivity contribution in [1.29, 1.82) is 0 Å². The van der Waals surface area contributed by atoms with E-state index < -0.39 is 17.8 Å². The first-order valence-corrected chi connectivity index (χ1v) is 12.4. The van der Waals surface area contributed by atoms with Gasteiger partial charge in [0.25, 0.3) is 11.8 Å². The van der Waals surface area contributed by atoms with Gasteiger partial charge in [0.1, 0.15) is 5.57 Å². The molecule has 1 aliphatic heterocycles. The van der Waals surface area contributed by atoms with Gasteiger partial charge < -0.3 is 0 Å². The van der Waals surface area contributed by atoms with E-state index in [-0.39, 0.29) is 5.57 Å². The van der Waals surface area contributed by atoms with Crippen LogP contribution >= 0.6 is 27.5 Å². The monoisotopic (exact) mass is 558 g/mol. The van der Waals surface area contributed by atoms with E-state index in [1.165, 1.54) is 0 Å². The zero-order valence-electron chi connectivity index (χ0n) is 19.2. The summed E-state index contributed by atoms with van der Waals surface area (Å²) < 4.78 is 0.969. The lowest BCUT2D eigenvalue weighted by Gasteiger charge is -2.28. The number of hydrogen-bond donors (Lipinski definition) is 1. The lowest BCUT2D eigenvalue weighted by molar-refractivity contribution is -0.122. The largest absolute Gasteiger partial charge is 0.335 e. The first kappa shape index (κ1) is 24.0. The maximum absolute atomic E-state index is 13.6. The van der Waals surface area contributed by atoms with Gasteiger partial charge in [-0.3, -0.25) is 14.9 Å². The summed E-state index contributed by atoms with van der Waals surface area (Å²) in [6.07, 6.45) is 2.17. The summed E-state index contributed by atoms with van der Waals surface area (Å²) in [6, 6.07) is 23.9. The number of halogens is 2. The molecule has 4 amide bonds. The van der Waals surface area contributed by atoms with Gasteiger partial charge in [-0.15, -0.1) is 0 Å². The van der Waals surface area contributed by atoms with Gasteiger partial charge in [-0.1, -0.05) is 88.2 Å². The van der Waals surface area contributed by atoms with Crippen LogP contribution in [0.1, 0.15) is 22.3 Å². The smallest absolute Gasteiger partial charge is 0.273 e. The molecule has 178 valence electrons. The van der Waals surface area contributed by atoms with Crippen molar-refractivity contribution < 1.29 is 14.4 Å². The number of anilines is 1. The third kappa shape index (κ3) is 4.34. The number of hydrogen-bond acceptors (Lipinski definition) is 3. The van der Waals surface area contributed by atoms with E-state index in [9.17, 15) is 14.4 Å². The van der Waals surface area contributed by atoms with Crippen molar-refractivity contribution in [3.63, 3.8) is 0 Å². The van der Waals surface area contributed by atoms with Crippen molar-refractivity contribution in [3.8, 4) is 0 Å². The Bertz CT molecular complexity index is 1600. The molecule has 4 aromatic rings. The summed E-state index contributed by atoms with van der Waals surface area (Å²) in [5, 5.41) is 4.60. The highest BCUT2D eigenvalue weighted by atomic mass is 79.9. The number of nitrogens with zero attached hydrogens (tertiary/aromatic N) is 1. The lowest BCUT2D eigenvalue weighted by Crippen LogP contribution is -2.54. The zero-order chi connectivity index (χ0) is 25.4. The van der Waals surface area contributed by atoms with Crippen LogP contribution in [-0.2, 0) is 16.0 Å². The Hall–Kier alpha value is -3.74. The van der Waals surface area contributed by atoms with E-state index in [2.05, 4.69) is 21.2 Å². The number of barbiturate groups is 1. The van der Waals surface area contributed by atoms with E-state index in [0.29, 0.717) is 22.7 Å². The van der Waals surface area contributed by atoms with Crippen LogP contribution in [0.3, 0.4) is 0 Å². The molecule has 0 radical (unpaired) electrons. The molecule has 1 heterocycles. The molecule has 1 fully saturated rings. The maximum atomic E-state index is 13.6. The molecule has 0 aliphatic carbocycles. The molecule has 0 aromatic heterocycles. The second kappa shape index (κ2) is 9.72.